The third kappa shape index (κ3) is 3.33. The Morgan fingerprint density at radius 2 is 2.06 bits per heavy atom. The number of benzene rings is 1. The van der Waals surface area contributed by atoms with Gasteiger partial charge in [0.05, 0.1) is 16.3 Å². The second-order valence-corrected chi connectivity index (χ2v) is 3.22. The third-order valence-corrected chi connectivity index (χ3v) is 1.94. The Labute approximate surface area is 103 Å². The van der Waals surface area contributed by atoms with Crippen molar-refractivity contribution in [3.63, 3.8) is 0 Å². The lowest BCUT2D eigenvalue weighted by atomic mass is 10.2. The van der Waals surface area contributed by atoms with Gasteiger partial charge in [-0.05, 0) is 6.07 Å². The van der Waals surface area contributed by atoms with Crippen molar-refractivity contribution in [3.05, 3.63) is 28.3 Å². The SMILES string of the molecule is CNc1ccc([N+](=O)[O-])cc1N=C(N)N=C(N)N. The molecule has 0 amide bonds. The molecule has 0 aromatic heterocycles. The number of nitrogens with zero attached hydrogens (tertiary/aromatic N) is 3. The van der Waals surface area contributed by atoms with Crippen LogP contribution >= 0.6 is 0 Å². The topological polar surface area (TPSA) is 158 Å². The van der Waals surface area contributed by atoms with Gasteiger partial charge in [0.25, 0.3) is 5.69 Å². The van der Waals surface area contributed by atoms with Crippen LogP contribution in [0.5, 0.6) is 0 Å². The van der Waals surface area contributed by atoms with E-state index in [2.05, 4.69) is 15.3 Å². The van der Waals surface area contributed by atoms with Crippen molar-refractivity contribution in [2.75, 3.05) is 12.4 Å². The first-order valence-corrected chi connectivity index (χ1v) is 4.84. The number of anilines is 1. The van der Waals surface area contributed by atoms with E-state index in [1.807, 2.05) is 0 Å². The zero-order valence-electron chi connectivity index (χ0n) is 9.62. The number of hydrogen-bond acceptors (Lipinski definition) is 4. The zero-order chi connectivity index (χ0) is 13.7. The monoisotopic (exact) mass is 251 g/mol. The number of nitrogens with two attached hydrogens (primary N) is 3. The van der Waals surface area contributed by atoms with Gasteiger partial charge in [0.2, 0.25) is 5.96 Å². The molecule has 1 rings (SSSR count). The molecule has 0 saturated carbocycles. The van der Waals surface area contributed by atoms with Crippen LogP contribution in [0.3, 0.4) is 0 Å². The molecule has 0 heterocycles. The Morgan fingerprint density at radius 3 is 2.56 bits per heavy atom. The van der Waals surface area contributed by atoms with Gasteiger partial charge >= 0.3 is 0 Å². The molecule has 0 fully saturated rings. The fourth-order valence-electron chi connectivity index (χ4n) is 1.22. The van der Waals surface area contributed by atoms with E-state index < -0.39 is 4.92 Å². The lowest BCUT2D eigenvalue weighted by molar-refractivity contribution is -0.384. The van der Waals surface area contributed by atoms with Gasteiger partial charge in [-0.3, -0.25) is 10.1 Å². The second-order valence-electron chi connectivity index (χ2n) is 3.22. The molecule has 0 aliphatic rings. The van der Waals surface area contributed by atoms with E-state index in [1.54, 1.807) is 7.05 Å². The molecule has 0 atom stereocenters. The highest BCUT2D eigenvalue weighted by atomic mass is 16.6. The van der Waals surface area contributed by atoms with Crippen molar-refractivity contribution >= 4 is 29.0 Å². The maximum absolute atomic E-state index is 10.7. The van der Waals surface area contributed by atoms with Gasteiger partial charge in [-0.2, -0.15) is 4.99 Å². The van der Waals surface area contributed by atoms with E-state index in [0.29, 0.717) is 5.69 Å². The Hall–Kier alpha value is -2.84. The average molecular weight is 251 g/mol. The fraction of sp³-hybridized carbons (Fsp3) is 0.111. The standard InChI is InChI=1S/C9H13N7O2/c1-13-6-3-2-5(16(17)18)4-7(6)14-9(12)15-8(10)11/h2-4,13H,1H3,(H6,10,11,12,14,15). The number of guanidine groups is 2. The fourth-order valence-corrected chi connectivity index (χ4v) is 1.22. The summed E-state index contributed by atoms with van der Waals surface area (Å²) < 4.78 is 0. The number of hydrogen-bond donors (Lipinski definition) is 4. The molecule has 0 aliphatic carbocycles. The summed E-state index contributed by atoms with van der Waals surface area (Å²) >= 11 is 0. The van der Waals surface area contributed by atoms with Crippen LogP contribution in [0, 0.1) is 10.1 Å². The first-order chi connectivity index (χ1) is 8.43. The lowest BCUT2D eigenvalue weighted by Gasteiger charge is -2.04. The third-order valence-electron chi connectivity index (χ3n) is 1.94. The Bertz CT molecular complexity index is 520. The molecule has 1 aromatic rings. The van der Waals surface area contributed by atoms with Crippen LogP contribution in [0.4, 0.5) is 17.1 Å². The maximum Gasteiger partial charge on any atom is 0.271 e. The first-order valence-electron chi connectivity index (χ1n) is 4.84. The predicted octanol–water partition coefficient (Wildman–Crippen LogP) is -0.144. The molecule has 0 aliphatic heterocycles. The van der Waals surface area contributed by atoms with Crippen LogP contribution < -0.4 is 22.5 Å². The molecule has 9 heteroatoms. The predicted molar refractivity (Wildman–Crippen MR) is 69.7 cm³/mol. The highest BCUT2D eigenvalue weighted by Gasteiger charge is 2.09. The van der Waals surface area contributed by atoms with E-state index >= 15 is 0 Å². The number of aliphatic imine (C=N–C) groups is 2. The summed E-state index contributed by atoms with van der Waals surface area (Å²) in [6.07, 6.45) is 0. The Morgan fingerprint density at radius 1 is 1.39 bits per heavy atom. The first kappa shape index (κ1) is 13.2. The summed E-state index contributed by atoms with van der Waals surface area (Å²) in [6.45, 7) is 0. The number of rotatable bonds is 3. The molecule has 96 valence electrons. The number of non-ortho nitro benzene ring substituents is 1. The number of nitrogens with one attached hydrogen (secondary N) is 1. The van der Waals surface area contributed by atoms with Gasteiger partial charge in [-0.15, -0.1) is 0 Å². The summed E-state index contributed by atoms with van der Waals surface area (Å²) in [5, 5.41) is 13.5. The van der Waals surface area contributed by atoms with Crippen molar-refractivity contribution in [1.82, 2.24) is 0 Å². The molecular formula is C9H13N7O2. The summed E-state index contributed by atoms with van der Waals surface area (Å²) in [6, 6.07) is 4.13. The van der Waals surface area contributed by atoms with E-state index in [0.717, 1.165) is 0 Å². The van der Waals surface area contributed by atoms with Gasteiger partial charge in [0, 0.05) is 19.2 Å². The van der Waals surface area contributed by atoms with Crippen molar-refractivity contribution in [2.45, 2.75) is 0 Å². The van der Waals surface area contributed by atoms with Crippen molar-refractivity contribution in [3.8, 4) is 0 Å². The summed E-state index contributed by atoms with van der Waals surface area (Å²) in [5.74, 6) is -0.431. The molecule has 1 aromatic carbocycles. The van der Waals surface area contributed by atoms with E-state index in [1.165, 1.54) is 18.2 Å². The minimum absolute atomic E-state index is 0.106. The van der Waals surface area contributed by atoms with Crippen LogP contribution in [0.1, 0.15) is 0 Å². The van der Waals surface area contributed by atoms with Gasteiger partial charge in [0.1, 0.15) is 0 Å². The molecule has 0 radical (unpaired) electrons. The Kier molecular flexibility index (Phi) is 4.02. The van der Waals surface area contributed by atoms with Crippen LogP contribution in [-0.4, -0.2) is 23.9 Å². The van der Waals surface area contributed by atoms with Gasteiger partial charge < -0.3 is 22.5 Å². The summed E-state index contributed by atoms with van der Waals surface area (Å²) in [5.41, 5.74) is 16.5. The molecule has 9 nitrogen and oxygen atoms in total. The quantitative estimate of drug-likeness (QED) is 0.253. The summed E-state index contributed by atoms with van der Waals surface area (Å²) in [7, 11) is 1.65. The van der Waals surface area contributed by atoms with Crippen molar-refractivity contribution in [1.29, 1.82) is 0 Å². The summed E-state index contributed by atoms with van der Waals surface area (Å²) in [4.78, 5) is 17.5. The van der Waals surface area contributed by atoms with Crippen molar-refractivity contribution < 1.29 is 4.92 Å². The van der Waals surface area contributed by atoms with E-state index in [9.17, 15) is 10.1 Å². The largest absolute Gasteiger partial charge is 0.386 e. The van der Waals surface area contributed by atoms with Crippen molar-refractivity contribution in [2.24, 2.45) is 27.2 Å². The molecule has 0 saturated heterocycles. The highest BCUT2D eigenvalue weighted by molar-refractivity contribution is 5.94. The highest BCUT2D eigenvalue weighted by Crippen LogP contribution is 2.29. The van der Waals surface area contributed by atoms with Crippen LogP contribution in [-0.2, 0) is 0 Å². The molecule has 7 N–H and O–H groups in total. The Balaban J connectivity index is 3.24. The minimum Gasteiger partial charge on any atom is -0.386 e. The zero-order valence-corrected chi connectivity index (χ0v) is 9.62. The number of nitro benzene ring substituents is 1. The van der Waals surface area contributed by atoms with E-state index in [-0.39, 0.29) is 23.3 Å². The van der Waals surface area contributed by atoms with Gasteiger partial charge in [0.15, 0.2) is 5.96 Å². The molecule has 0 bridgehead atoms. The minimum atomic E-state index is -0.533. The second kappa shape index (κ2) is 5.48. The molecule has 0 unspecified atom stereocenters. The van der Waals surface area contributed by atoms with Crippen LogP contribution in [0.2, 0.25) is 0 Å². The molecular weight excluding hydrogens is 238 g/mol. The van der Waals surface area contributed by atoms with Crippen LogP contribution in [0.15, 0.2) is 28.2 Å². The number of nitro groups is 1. The van der Waals surface area contributed by atoms with Crippen LogP contribution in [0.25, 0.3) is 0 Å². The van der Waals surface area contributed by atoms with Gasteiger partial charge in [-0.25, -0.2) is 4.99 Å². The molecule has 0 spiro atoms. The normalized spacial score (nSPS) is 10.8. The average Bonchev–Trinajstić information content (AvgIpc) is 2.27. The van der Waals surface area contributed by atoms with E-state index in [4.69, 9.17) is 17.2 Å². The molecule has 18 heavy (non-hydrogen) atoms. The smallest absolute Gasteiger partial charge is 0.271 e. The maximum atomic E-state index is 10.7. The lowest BCUT2D eigenvalue weighted by Crippen LogP contribution is -2.26. The van der Waals surface area contributed by atoms with Gasteiger partial charge in [-0.1, -0.05) is 0 Å².